The molecule has 0 spiro atoms. The molecule has 0 saturated heterocycles. The molecule has 1 N–H and O–H groups in total. The minimum absolute atomic E-state index is 0.317. The van der Waals surface area contributed by atoms with E-state index in [1.807, 2.05) is 0 Å². The summed E-state index contributed by atoms with van der Waals surface area (Å²) >= 11 is 0. The lowest BCUT2D eigenvalue weighted by atomic mass is 10.2. The first-order valence-corrected chi connectivity index (χ1v) is 5.40. The summed E-state index contributed by atoms with van der Waals surface area (Å²) in [7, 11) is 0. The van der Waals surface area contributed by atoms with Crippen LogP contribution in [-0.4, -0.2) is 27.5 Å². The van der Waals surface area contributed by atoms with E-state index in [0.717, 1.165) is 0 Å². The van der Waals surface area contributed by atoms with Gasteiger partial charge in [0.05, 0.1) is 6.42 Å². The molecule has 1 aromatic heterocycles. The van der Waals surface area contributed by atoms with E-state index in [9.17, 15) is 26.3 Å². The van der Waals surface area contributed by atoms with Crippen molar-refractivity contribution in [2.75, 3.05) is 0 Å². The zero-order valence-corrected chi connectivity index (χ0v) is 9.96. The molecule has 0 amide bonds. The van der Waals surface area contributed by atoms with Gasteiger partial charge in [0.2, 0.25) is 11.7 Å². The summed E-state index contributed by atoms with van der Waals surface area (Å²) in [6.45, 7) is 0. The average molecular weight is 312 g/mol. The van der Waals surface area contributed by atoms with E-state index in [2.05, 4.69) is 14.7 Å². The number of rotatable bonds is 3. The lowest BCUT2D eigenvalue weighted by molar-refractivity contribution is -0.204. The smallest absolute Gasteiger partial charge is 0.383 e. The number of benzene rings is 1. The molecule has 114 valence electrons. The molecule has 1 atom stereocenters. The van der Waals surface area contributed by atoms with Gasteiger partial charge in [0.1, 0.15) is 0 Å². The van der Waals surface area contributed by atoms with E-state index in [1.54, 1.807) is 0 Å². The molecule has 0 saturated carbocycles. The molecule has 1 heterocycles. The van der Waals surface area contributed by atoms with Gasteiger partial charge in [-0.15, -0.1) is 0 Å². The molecule has 4 nitrogen and oxygen atoms in total. The second-order valence-corrected chi connectivity index (χ2v) is 4.03. The summed E-state index contributed by atoms with van der Waals surface area (Å²) in [5.74, 6) is -5.73. The number of nitrogens with zero attached hydrogens (tertiary/aromatic N) is 2. The molecular formula is C11H6F6N2O2. The Morgan fingerprint density at radius 2 is 1.71 bits per heavy atom. The topological polar surface area (TPSA) is 59.2 Å². The van der Waals surface area contributed by atoms with Gasteiger partial charge in [-0.3, -0.25) is 0 Å². The number of alkyl halides is 3. The predicted octanol–water partition coefficient (Wildman–Crippen LogP) is 2.62. The average Bonchev–Trinajstić information content (AvgIpc) is 2.82. The lowest BCUT2D eigenvalue weighted by Gasteiger charge is -2.11. The van der Waals surface area contributed by atoms with Crippen LogP contribution in [0.25, 0.3) is 11.4 Å². The van der Waals surface area contributed by atoms with E-state index < -0.39 is 47.9 Å². The second-order valence-electron chi connectivity index (χ2n) is 4.03. The summed E-state index contributed by atoms with van der Waals surface area (Å²) in [6, 6.07) is 1.13. The second kappa shape index (κ2) is 5.35. The van der Waals surface area contributed by atoms with E-state index in [4.69, 9.17) is 5.11 Å². The van der Waals surface area contributed by atoms with Crippen molar-refractivity contribution in [2.45, 2.75) is 18.7 Å². The van der Waals surface area contributed by atoms with Crippen molar-refractivity contribution in [3.63, 3.8) is 0 Å². The van der Waals surface area contributed by atoms with Crippen molar-refractivity contribution in [3.05, 3.63) is 35.5 Å². The van der Waals surface area contributed by atoms with Crippen molar-refractivity contribution in [1.29, 1.82) is 0 Å². The zero-order chi connectivity index (χ0) is 15.8. The Bertz CT molecular complexity index is 631. The van der Waals surface area contributed by atoms with Crippen molar-refractivity contribution in [2.24, 2.45) is 0 Å². The van der Waals surface area contributed by atoms with E-state index in [-0.39, 0.29) is 5.56 Å². The number of hydrogen-bond acceptors (Lipinski definition) is 4. The fourth-order valence-electron chi connectivity index (χ4n) is 1.42. The molecule has 2 rings (SSSR count). The van der Waals surface area contributed by atoms with Crippen molar-refractivity contribution < 1.29 is 36.0 Å². The van der Waals surface area contributed by atoms with Gasteiger partial charge in [-0.1, -0.05) is 5.16 Å². The fourth-order valence-corrected chi connectivity index (χ4v) is 1.42. The molecule has 0 aliphatic rings. The number of aliphatic hydroxyl groups is 1. The van der Waals surface area contributed by atoms with Gasteiger partial charge in [-0.25, -0.2) is 13.2 Å². The monoisotopic (exact) mass is 312 g/mol. The van der Waals surface area contributed by atoms with E-state index in [1.165, 1.54) is 0 Å². The normalized spacial score (nSPS) is 13.5. The van der Waals surface area contributed by atoms with Crippen LogP contribution in [0, 0.1) is 17.5 Å². The van der Waals surface area contributed by atoms with Crippen LogP contribution >= 0.6 is 0 Å². The maximum absolute atomic E-state index is 13.0. The largest absolute Gasteiger partial charge is 0.414 e. The molecule has 0 bridgehead atoms. The van der Waals surface area contributed by atoms with E-state index >= 15 is 0 Å². The van der Waals surface area contributed by atoms with E-state index in [0.29, 0.717) is 12.1 Å². The van der Waals surface area contributed by atoms with Crippen LogP contribution in [0.1, 0.15) is 5.89 Å². The molecule has 0 aliphatic carbocycles. The molecular weight excluding hydrogens is 306 g/mol. The molecule has 2 aromatic rings. The highest BCUT2D eigenvalue weighted by atomic mass is 19.4. The van der Waals surface area contributed by atoms with Crippen LogP contribution in [0.3, 0.4) is 0 Å². The molecule has 1 aromatic carbocycles. The maximum Gasteiger partial charge on any atom is 0.414 e. The van der Waals surface area contributed by atoms with Crippen molar-refractivity contribution in [3.8, 4) is 11.4 Å². The minimum atomic E-state index is -4.87. The lowest BCUT2D eigenvalue weighted by Crippen LogP contribution is -2.30. The Balaban J connectivity index is 2.24. The number of hydrogen-bond donors (Lipinski definition) is 1. The third kappa shape index (κ3) is 3.32. The summed E-state index contributed by atoms with van der Waals surface area (Å²) < 4.78 is 79.6. The van der Waals surface area contributed by atoms with Gasteiger partial charge >= 0.3 is 6.18 Å². The van der Waals surface area contributed by atoms with Gasteiger partial charge in [0.25, 0.3) is 0 Å². The predicted molar refractivity (Wildman–Crippen MR) is 55.4 cm³/mol. The number of aromatic nitrogens is 2. The molecule has 21 heavy (non-hydrogen) atoms. The maximum atomic E-state index is 13.0. The standard InChI is InChI=1S/C11H6F6N2O2/c12-5-1-4(2-6(13)9(5)14)10-18-8(21-19-10)3-7(20)11(15,16)17/h1-2,7,20H,3H2. The quantitative estimate of drug-likeness (QED) is 0.699. The Hall–Kier alpha value is -2.10. The molecule has 0 aliphatic heterocycles. The van der Waals surface area contributed by atoms with Gasteiger partial charge in [0.15, 0.2) is 23.6 Å². The summed E-state index contributed by atoms with van der Waals surface area (Å²) in [4.78, 5) is 3.45. The van der Waals surface area contributed by atoms with Crippen LogP contribution < -0.4 is 0 Å². The molecule has 1 unspecified atom stereocenters. The Kier molecular flexibility index (Phi) is 3.90. The minimum Gasteiger partial charge on any atom is -0.383 e. The highest BCUT2D eigenvalue weighted by Gasteiger charge is 2.39. The third-order valence-corrected chi connectivity index (χ3v) is 2.46. The summed E-state index contributed by atoms with van der Waals surface area (Å²) in [5.41, 5.74) is -0.317. The highest BCUT2D eigenvalue weighted by Crippen LogP contribution is 2.25. The zero-order valence-electron chi connectivity index (χ0n) is 9.96. The van der Waals surface area contributed by atoms with Crippen LogP contribution in [0.5, 0.6) is 0 Å². The Labute approximate surface area is 113 Å². The Morgan fingerprint density at radius 3 is 2.24 bits per heavy atom. The highest BCUT2D eigenvalue weighted by molar-refractivity contribution is 5.54. The summed E-state index contributed by atoms with van der Waals surface area (Å²) in [6.07, 6.45) is -8.60. The fraction of sp³-hybridized carbons (Fsp3) is 0.273. The summed E-state index contributed by atoms with van der Waals surface area (Å²) in [5, 5.41) is 12.0. The van der Waals surface area contributed by atoms with Crippen LogP contribution in [0.4, 0.5) is 26.3 Å². The van der Waals surface area contributed by atoms with Gasteiger partial charge in [0, 0.05) is 5.56 Å². The third-order valence-electron chi connectivity index (χ3n) is 2.46. The first-order valence-electron chi connectivity index (χ1n) is 5.40. The van der Waals surface area contributed by atoms with Gasteiger partial charge < -0.3 is 9.63 Å². The first-order chi connectivity index (χ1) is 9.68. The van der Waals surface area contributed by atoms with Crippen molar-refractivity contribution >= 4 is 0 Å². The first kappa shape index (κ1) is 15.3. The van der Waals surface area contributed by atoms with Crippen molar-refractivity contribution in [1.82, 2.24) is 10.1 Å². The van der Waals surface area contributed by atoms with Crippen LogP contribution in [0.15, 0.2) is 16.7 Å². The number of aliphatic hydroxyl groups excluding tert-OH is 1. The molecule has 0 fully saturated rings. The van der Waals surface area contributed by atoms with Crippen LogP contribution in [0.2, 0.25) is 0 Å². The molecule has 10 heteroatoms. The Morgan fingerprint density at radius 1 is 1.14 bits per heavy atom. The SMILES string of the molecule is OC(Cc1nc(-c2cc(F)c(F)c(F)c2)no1)C(F)(F)F. The molecule has 0 radical (unpaired) electrons. The number of halogens is 6. The van der Waals surface area contributed by atoms with Gasteiger partial charge in [-0.2, -0.15) is 18.2 Å². The van der Waals surface area contributed by atoms with Gasteiger partial charge in [-0.05, 0) is 12.1 Å². The van der Waals surface area contributed by atoms with Crippen LogP contribution in [-0.2, 0) is 6.42 Å².